The molecule has 1 N–H and O–H groups in total. The van der Waals surface area contributed by atoms with Crippen LogP contribution < -0.4 is 10.1 Å². The van der Waals surface area contributed by atoms with Crippen LogP contribution in [0.2, 0.25) is 0 Å². The lowest BCUT2D eigenvalue weighted by atomic mass is 10.00. The molecule has 4 nitrogen and oxygen atoms in total. The smallest absolute Gasteiger partial charge is 0.416 e. The molecular formula is C20H20F3N3O. The van der Waals surface area contributed by atoms with Crippen LogP contribution in [-0.4, -0.2) is 50.1 Å². The third-order valence-corrected chi connectivity index (χ3v) is 4.79. The summed E-state index contributed by atoms with van der Waals surface area (Å²) in [6, 6.07) is 11.0. The molecule has 142 valence electrons. The maximum Gasteiger partial charge on any atom is 0.416 e. The normalized spacial score (nSPS) is 17.6. The molecule has 2 aromatic carbocycles. The predicted molar refractivity (Wildman–Crippen MR) is 98.2 cm³/mol. The Morgan fingerprint density at radius 2 is 1.67 bits per heavy atom. The number of benzene rings is 2. The fraction of sp³-hybridized carbons (Fsp3) is 0.350. The summed E-state index contributed by atoms with van der Waals surface area (Å²) in [6.07, 6.45) is -4.33. The van der Waals surface area contributed by atoms with E-state index in [0.717, 1.165) is 66.6 Å². The van der Waals surface area contributed by atoms with Crippen molar-refractivity contribution in [2.24, 2.45) is 4.99 Å². The lowest BCUT2D eigenvalue weighted by Gasteiger charge is -2.30. The Hall–Kier alpha value is -2.54. The summed E-state index contributed by atoms with van der Waals surface area (Å²) in [7, 11) is 0. The monoisotopic (exact) mass is 375 g/mol. The molecule has 2 aliphatic heterocycles. The Bertz CT molecular complexity index is 841. The third-order valence-electron chi connectivity index (χ3n) is 4.79. The number of nitrogens with zero attached hydrogens (tertiary/aromatic N) is 2. The van der Waals surface area contributed by atoms with Crippen LogP contribution in [0.15, 0.2) is 47.5 Å². The van der Waals surface area contributed by atoms with Gasteiger partial charge in [-0.3, -0.25) is 4.99 Å². The first-order valence-electron chi connectivity index (χ1n) is 8.97. The summed E-state index contributed by atoms with van der Waals surface area (Å²) >= 11 is 0. The molecule has 0 aliphatic carbocycles. The van der Waals surface area contributed by atoms with Gasteiger partial charge in [-0.2, -0.15) is 13.2 Å². The fourth-order valence-electron chi connectivity index (χ4n) is 3.40. The molecule has 0 spiro atoms. The molecule has 1 saturated heterocycles. The number of ether oxygens (including phenoxy) is 1. The van der Waals surface area contributed by atoms with Gasteiger partial charge in [0.2, 0.25) is 0 Å². The summed E-state index contributed by atoms with van der Waals surface area (Å²) in [6.45, 7) is 4.62. The number of nitrogens with one attached hydrogen (secondary N) is 1. The molecule has 0 bridgehead atoms. The number of alkyl halides is 3. The predicted octanol–water partition coefficient (Wildman–Crippen LogP) is 3.42. The summed E-state index contributed by atoms with van der Waals surface area (Å²) < 4.78 is 44.2. The highest BCUT2D eigenvalue weighted by molar-refractivity contribution is 6.02. The number of aliphatic imine (C=N–C) groups is 1. The van der Waals surface area contributed by atoms with Crippen molar-refractivity contribution in [1.82, 2.24) is 10.2 Å². The number of rotatable bonds is 1. The molecule has 2 heterocycles. The number of fused-ring (bicyclic) bond motifs is 1. The van der Waals surface area contributed by atoms with Crippen LogP contribution >= 0.6 is 0 Å². The van der Waals surface area contributed by atoms with Crippen LogP contribution in [0.5, 0.6) is 5.75 Å². The number of halogens is 3. The van der Waals surface area contributed by atoms with E-state index in [0.29, 0.717) is 13.2 Å². The molecule has 2 aliphatic rings. The Morgan fingerprint density at radius 1 is 0.963 bits per heavy atom. The molecule has 0 radical (unpaired) electrons. The first kappa shape index (κ1) is 17.9. The first-order valence-corrected chi connectivity index (χ1v) is 8.97. The van der Waals surface area contributed by atoms with Crippen LogP contribution in [0.1, 0.15) is 11.1 Å². The van der Waals surface area contributed by atoms with E-state index < -0.39 is 11.7 Å². The van der Waals surface area contributed by atoms with Crippen molar-refractivity contribution in [2.75, 3.05) is 39.3 Å². The van der Waals surface area contributed by atoms with Gasteiger partial charge in [0, 0.05) is 26.2 Å². The molecule has 0 aromatic heterocycles. The van der Waals surface area contributed by atoms with Crippen molar-refractivity contribution < 1.29 is 17.9 Å². The molecule has 0 amide bonds. The van der Waals surface area contributed by atoms with Crippen molar-refractivity contribution in [3.05, 3.63) is 53.6 Å². The van der Waals surface area contributed by atoms with Crippen LogP contribution in [0.4, 0.5) is 13.2 Å². The van der Waals surface area contributed by atoms with Gasteiger partial charge in [-0.15, -0.1) is 0 Å². The van der Waals surface area contributed by atoms with E-state index in [1.54, 1.807) is 0 Å². The van der Waals surface area contributed by atoms with E-state index in [9.17, 15) is 13.2 Å². The van der Waals surface area contributed by atoms with Crippen molar-refractivity contribution in [3.8, 4) is 16.9 Å². The third kappa shape index (κ3) is 3.78. The van der Waals surface area contributed by atoms with E-state index in [-0.39, 0.29) is 0 Å². The van der Waals surface area contributed by atoms with Crippen LogP contribution in [0.25, 0.3) is 11.1 Å². The van der Waals surface area contributed by atoms with Gasteiger partial charge in [-0.25, -0.2) is 0 Å². The zero-order valence-electron chi connectivity index (χ0n) is 14.7. The number of hydrogen-bond acceptors (Lipinski definition) is 4. The van der Waals surface area contributed by atoms with Gasteiger partial charge in [0.1, 0.15) is 18.2 Å². The van der Waals surface area contributed by atoms with Gasteiger partial charge >= 0.3 is 6.18 Å². The van der Waals surface area contributed by atoms with Crippen molar-refractivity contribution in [1.29, 1.82) is 0 Å². The van der Waals surface area contributed by atoms with Gasteiger partial charge < -0.3 is 15.0 Å². The first-order chi connectivity index (χ1) is 13.0. The van der Waals surface area contributed by atoms with Crippen molar-refractivity contribution in [2.45, 2.75) is 6.18 Å². The standard InChI is InChI=1S/C20H20F3N3O/c21-20(22,23)16-4-1-14(2-5-16)15-3-6-18-17(13-15)19(25-9-12-27-18)26-10-7-24-8-11-26/h1-6,13,24H,7-12H2. The lowest BCUT2D eigenvalue weighted by molar-refractivity contribution is -0.137. The van der Waals surface area contributed by atoms with Gasteiger partial charge in [-0.1, -0.05) is 18.2 Å². The van der Waals surface area contributed by atoms with Crippen molar-refractivity contribution >= 4 is 5.84 Å². The lowest BCUT2D eigenvalue weighted by Crippen LogP contribution is -2.46. The molecular weight excluding hydrogens is 355 g/mol. The Labute approximate surface area is 155 Å². The highest BCUT2D eigenvalue weighted by Crippen LogP contribution is 2.33. The minimum atomic E-state index is -4.33. The van der Waals surface area contributed by atoms with Crippen LogP contribution in [0.3, 0.4) is 0 Å². The average Bonchev–Trinajstić information content (AvgIpc) is 2.90. The quantitative estimate of drug-likeness (QED) is 0.830. The van der Waals surface area contributed by atoms with Gasteiger partial charge in [0.05, 0.1) is 17.7 Å². The molecule has 2 aromatic rings. The summed E-state index contributed by atoms with van der Waals surface area (Å²) in [5.74, 6) is 1.67. The minimum absolute atomic E-state index is 0.516. The highest BCUT2D eigenvalue weighted by atomic mass is 19.4. The molecule has 0 unspecified atom stereocenters. The maximum atomic E-state index is 12.8. The Morgan fingerprint density at radius 3 is 2.37 bits per heavy atom. The molecule has 0 saturated carbocycles. The summed E-state index contributed by atoms with van der Waals surface area (Å²) in [5.41, 5.74) is 1.82. The summed E-state index contributed by atoms with van der Waals surface area (Å²) in [4.78, 5) is 6.95. The Balaban J connectivity index is 1.70. The van der Waals surface area contributed by atoms with Gasteiger partial charge in [0.15, 0.2) is 0 Å². The largest absolute Gasteiger partial charge is 0.491 e. The van der Waals surface area contributed by atoms with Crippen LogP contribution in [-0.2, 0) is 6.18 Å². The summed E-state index contributed by atoms with van der Waals surface area (Å²) in [5, 5.41) is 3.33. The molecule has 7 heteroatoms. The zero-order chi connectivity index (χ0) is 18.9. The number of amidine groups is 1. The van der Waals surface area contributed by atoms with E-state index >= 15 is 0 Å². The number of piperazine rings is 1. The molecule has 0 atom stereocenters. The second-order valence-electron chi connectivity index (χ2n) is 6.58. The highest BCUT2D eigenvalue weighted by Gasteiger charge is 2.30. The van der Waals surface area contributed by atoms with Crippen molar-refractivity contribution in [3.63, 3.8) is 0 Å². The van der Waals surface area contributed by atoms with Gasteiger partial charge in [-0.05, 0) is 35.4 Å². The van der Waals surface area contributed by atoms with E-state index in [2.05, 4.69) is 10.2 Å². The van der Waals surface area contributed by atoms with Crippen LogP contribution in [0, 0.1) is 0 Å². The maximum absolute atomic E-state index is 12.8. The average molecular weight is 375 g/mol. The van der Waals surface area contributed by atoms with Gasteiger partial charge in [0.25, 0.3) is 0 Å². The second-order valence-corrected chi connectivity index (χ2v) is 6.58. The molecule has 4 rings (SSSR count). The van der Waals surface area contributed by atoms with E-state index in [4.69, 9.17) is 9.73 Å². The Kier molecular flexibility index (Phi) is 4.78. The number of hydrogen-bond donors (Lipinski definition) is 1. The minimum Gasteiger partial charge on any atom is -0.491 e. The zero-order valence-corrected chi connectivity index (χ0v) is 14.7. The fourth-order valence-corrected chi connectivity index (χ4v) is 3.40. The van der Waals surface area contributed by atoms with E-state index in [1.165, 1.54) is 12.1 Å². The second kappa shape index (κ2) is 7.23. The SMILES string of the molecule is FC(F)(F)c1ccc(-c2ccc3c(c2)C(N2CCNCC2)=NCCO3)cc1. The van der Waals surface area contributed by atoms with E-state index in [1.807, 2.05) is 18.2 Å². The molecule has 27 heavy (non-hydrogen) atoms. The molecule has 1 fully saturated rings. The topological polar surface area (TPSA) is 36.9 Å².